The molecule has 1 heterocycles. The van der Waals surface area contributed by atoms with E-state index in [0.29, 0.717) is 12.5 Å². The predicted molar refractivity (Wildman–Crippen MR) is 33.6 cm³/mol. The van der Waals surface area contributed by atoms with Gasteiger partial charge in [-0.15, -0.1) is 0 Å². The summed E-state index contributed by atoms with van der Waals surface area (Å²) in [5.41, 5.74) is 5.32. The van der Waals surface area contributed by atoms with Crippen LogP contribution in [0.15, 0.2) is 12.3 Å². The molecule has 0 atom stereocenters. The van der Waals surface area contributed by atoms with E-state index in [9.17, 15) is 0 Å². The van der Waals surface area contributed by atoms with Crippen molar-refractivity contribution in [2.24, 2.45) is 0 Å². The molecule has 2 N–H and O–H groups in total. The normalized spacial score (nSPS) is 9.89. The molecule has 0 radical (unpaired) electrons. The lowest BCUT2D eigenvalue weighted by atomic mass is 10.7. The quantitative estimate of drug-likeness (QED) is 0.611. The number of rotatable bonds is 2. The van der Waals surface area contributed by atoms with Crippen LogP contribution < -0.4 is 5.73 Å². The van der Waals surface area contributed by atoms with E-state index in [2.05, 4.69) is 5.10 Å². The fraction of sp³-hybridized carbons (Fsp3) is 0.400. The van der Waals surface area contributed by atoms with Gasteiger partial charge >= 0.3 is 0 Å². The van der Waals surface area contributed by atoms with E-state index < -0.39 is 0 Å². The molecular formula is C5H9N3O. The zero-order valence-electron chi connectivity index (χ0n) is 5.24. The van der Waals surface area contributed by atoms with Crippen LogP contribution in [0.1, 0.15) is 0 Å². The molecule has 0 aromatic carbocycles. The van der Waals surface area contributed by atoms with Crippen LogP contribution in [0.4, 0.5) is 5.82 Å². The molecule has 9 heavy (non-hydrogen) atoms. The highest BCUT2D eigenvalue weighted by atomic mass is 16.5. The summed E-state index contributed by atoms with van der Waals surface area (Å²) in [5.74, 6) is 0.520. The van der Waals surface area contributed by atoms with Crippen molar-refractivity contribution in [1.29, 1.82) is 0 Å². The lowest BCUT2D eigenvalue weighted by Crippen LogP contribution is -2.00. The molecule has 50 valence electrons. The van der Waals surface area contributed by atoms with Gasteiger partial charge in [0.05, 0.1) is 0 Å². The fourth-order valence-electron chi connectivity index (χ4n) is 0.582. The van der Waals surface area contributed by atoms with Gasteiger partial charge in [0.1, 0.15) is 12.5 Å². The smallest absolute Gasteiger partial charge is 0.145 e. The Morgan fingerprint density at radius 1 is 1.89 bits per heavy atom. The van der Waals surface area contributed by atoms with E-state index in [-0.39, 0.29) is 0 Å². The average molecular weight is 127 g/mol. The Kier molecular flexibility index (Phi) is 1.69. The fourth-order valence-corrected chi connectivity index (χ4v) is 0.582. The molecule has 4 nitrogen and oxygen atoms in total. The molecule has 4 heteroatoms. The molecule has 0 unspecified atom stereocenters. The molecule has 0 amide bonds. The zero-order valence-corrected chi connectivity index (χ0v) is 5.24. The van der Waals surface area contributed by atoms with E-state index in [1.807, 2.05) is 0 Å². The topological polar surface area (TPSA) is 53.1 Å². The number of aromatic nitrogens is 2. The predicted octanol–water partition coefficient (Wildman–Crippen LogP) is 0.0692. The maximum Gasteiger partial charge on any atom is 0.145 e. The van der Waals surface area contributed by atoms with Crippen LogP contribution in [0.3, 0.4) is 0 Å². The molecule has 0 fully saturated rings. The average Bonchev–Trinajstić information content (AvgIpc) is 2.17. The van der Waals surface area contributed by atoms with Crippen molar-refractivity contribution in [2.75, 3.05) is 12.8 Å². The van der Waals surface area contributed by atoms with Gasteiger partial charge in [-0.05, 0) is 0 Å². The van der Waals surface area contributed by atoms with Gasteiger partial charge in [-0.3, -0.25) is 0 Å². The SMILES string of the molecule is COCn1ccc(N)n1. The Balaban J connectivity index is 2.61. The van der Waals surface area contributed by atoms with Crippen LogP contribution in [-0.2, 0) is 11.5 Å². The molecule has 0 saturated carbocycles. The first-order chi connectivity index (χ1) is 4.33. The number of methoxy groups -OCH3 is 1. The molecule has 0 aliphatic heterocycles. The third-order valence-corrected chi connectivity index (χ3v) is 0.923. The van der Waals surface area contributed by atoms with Gasteiger partial charge in [-0.2, -0.15) is 5.10 Å². The largest absolute Gasteiger partial charge is 0.382 e. The summed E-state index contributed by atoms with van der Waals surface area (Å²) < 4.78 is 6.41. The molecule has 0 aliphatic carbocycles. The van der Waals surface area contributed by atoms with Crippen molar-refractivity contribution >= 4 is 5.82 Å². The van der Waals surface area contributed by atoms with Crippen LogP contribution in [0, 0.1) is 0 Å². The van der Waals surface area contributed by atoms with Crippen LogP contribution in [0.2, 0.25) is 0 Å². The number of hydrogen-bond acceptors (Lipinski definition) is 3. The first-order valence-corrected chi connectivity index (χ1v) is 2.61. The van der Waals surface area contributed by atoms with E-state index in [0.717, 1.165) is 0 Å². The van der Waals surface area contributed by atoms with E-state index in [4.69, 9.17) is 10.5 Å². The summed E-state index contributed by atoms with van der Waals surface area (Å²) in [6, 6.07) is 1.72. The van der Waals surface area contributed by atoms with Crippen molar-refractivity contribution in [3.05, 3.63) is 12.3 Å². The lowest BCUT2D eigenvalue weighted by molar-refractivity contribution is 0.121. The van der Waals surface area contributed by atoms with Gasteiger partial charge in [0.25, 0.3) is 0 Å². The highest BCUT2D eigenvalue weighted by molar-refractivity contribution is 5.23. The van der Waals surface area contributed by atoms with Crippen LogP contribution in [0.5, 0.6) is 0 Å². The third kappa shape index (κ3) is 1.43. The minimum atomic E-state index is 0.456. The second kappa shape index (κ2) is 2.50. The van der Waals surface area contributed by atoms with Gasteiger partial charge in [0.15, 0.2) is 0 Å². The number of hydrogen-bond donors (Lipinski definition) is 1. The molecule has 1 aromatic rings. The maximum atomic E-state index is 5.32. The van der Waals surface area contributed by atoms with Crippen molar-refractivity contribution in [1.82, 2.24) is 9.78 Å². The zero-order chi connectivity index (χ0) is 6.69. The second-order valence-electron chi connectivity index (χ2n) is 1.70. The van der Waals surface area contributed by atoms with Crippen LogP contribution in [-0.4, -0.2) is 16.9 Å². The maximum absolute atomic E-state index is 5.32. The summed E-state index contributed by atoms with van der Waals surface area (Å²) in [7, 11) is 1.61. The summed E-state index contributed by atoms with van der Waals surface area (Å²) in [6.07, 6.45) is 1.76. The molecule has 1 aromatic heterocycles. The van der Waals surface area contributed by atoms with Crippen molar-refractivity contribution in [2.45, 2.75) is 6.73 Å². The Bertz CT molecular complexity index is 184. The Hall–Kier alpha value is -1.03. The molecule has 0 saturated heterocycles. The van der Waals surface area contributed by atoms with E-state index in [1.54, 1.807) is 24.1 Å². The molecule has 0 aliphatic rings. The lowest BCUT2D eigenvalue weighted by Gasteiger charge is -1.95. The third-order valence-electron chi connectivity index (χ3n) is 0.923. The first kappa shape index (κ1) is 6.10. The van der Waals surface area contributed by atoms with Gasteiger partial charge in [-0.25, -0.2) is 4.68 Å². The number of anilines is 1. The Labute approximate surface area is 53.2 Å². The summed E-state index contributed by atoms with van der Waals surface area (Å²) >= 11 is 0. The Morgan fingerprint density at radius 2 is 2.67 bits per heavy atom. The first-order valence-electron chi connectivity index (χ1n) is 2.61. The van der Waals surface area contributed by atoms with Gasteiger partial charge < -0.3 is 10.5 Å². The molecule has 0 bridgehead atoms. The van der Waals surface area contributed by atoms with Gasteiger partial charge in [0, 0.05) is 19.4 Å². The minimum Gasteiger partial charge on any atom is -0.382 e. The van der Waals surface area contributed by atoms with Crippen molar-refractivity contribution in [3.63, 3.8) is 0 Å². The van der Waals surface area contributed by atoms with Gasteiger partial charge in [-0.1, -0.05) is 0 Å². The monoisotopic (exact) mass is 127 g/mol. The number of ether oxygens (including phenoxy) is 1. The second-order valence-corrected chi connectivity index (χ2v) is 1.70. The summed E-state index contributed by atoms with van der Waals surface area (Å²) in [5, 5.41) is 3.87. The number of nitrogens with zero attached hydrogens (tertiary/aromatic N) is 2. The van der Waals surface area contributed by atoms with E-state index in [1.165, 1.54) is 0 Å². The standard InChI is InChI=1S/C5H9N3O/c1-9-4-8-3-2-5(6)7-8/h2-3H,4H2,1H3,(H2,6,7). The molecular weight excluding hydrogens is 118 g/mol. The van der Waals surface area contributed by atoms with Crippen molar-refractivity contribution < 1.29 is 4.74 Å². The summed E-state index contributed by atoms with van der Waals surface area (Å²) in [4.78, 5) is 0. The van der Waals surface area contributed by atoms with E-state index >= 15 is 0 Å². The summed E-state index contributed by atoms with van der Waals surface area (Å²) in [6.45, 7) is 0.456. The highest BCUT2D eigenvalue weighted by Gasteiger charge is 1.89. The van der Waals surface area contributed by atoms with Crippen LogP contribution in [0.25, 0.3) is 0 Å². The molecule has 0 spiro atoms. The van der Waals surface area contributed by atoms with Crippen LogP contribution >= 0.6 is 0 Å². The van der Waals surface area contributed by atoms with Crippen molar-refractivity contribution in [3.8, 4) is 0 Å². The van der Waals surface area contributed by atoms with Gasteiger partial charge in [0.2, 0.25) is 0 Å². The molecule has 1 rings (SSSR count). The minimum absolute atomic E-state index is 0.456. The number of nitrogen functional groups attached to an aromatic ring is 1. The Morgan fingerprint density at radius 3 is 3.11 bits per heavy atom. The number of nitrogens with two attached hydrogens (primary N) is 1. The highest BCUT2D eigenvalue weighted by Crippen LogP contribution is 1.94.